The summed E-state index contributed by atoms with van der Waals surface area (Å²) in [6, 6.07) is 7.46. The van der Waals surface area contributed by atoms with E-state index in [1.54, 1.807) is 18.3 Å². The summed E-state index contributed by atoms with van der Waals surface area (Å²) in [4.78, 5) is 18.9. The van der Waals surface area contributed by atoms with E-state index in [2.05, 4.69) is 15.2 Å². The number of carbonyl (C=O) groups is 1. The van der Waals surface area contributed by atoms with Gasteiger partial charge in [-0.1, -0.05) is 11.6 Å². The maximum Gasteiger partial charge on any atom is 0.307 e. The second kappa shape index (κ2) is 5.98. The van der Waals surface area contributed by atoms with E-state index in [0.29, 0.717) is 16.7 Å². The van der Waals surface area contributed by atoms with Gasteiger partial charge < -0.3 is 14.6 Å². The van der Waals surface area contributed by atoms with Gasteiger partial charge in [0.25, 0.3) is 5.89 Å². The second-order valence-corrected chi connectivity index (χ2v) is 6.69. The lowest BCUT2D eigenvalue weighted by Crippen LogP contribution is -2.57. The molecule has 0 aliphatic carbocycles. The van der Waals surface area contributed by atoms with Gasteiger partial charge in [0.1, 0.15) is 0 Å². The Morgan fingerprint density at radius 2 is 2.00 bits per heavy atom. The molecule has 3 aliphatic rings. The van der Waals surface area contributed by atoms with Crippen molar-refractivity contribution < 1.29 is 9.21 Å². The van der Waals surface area contributed by atoms with Crippen LogP contribution in [0.3, 0.4) is 0 Å². The van der Waals surface area contributed by atoms with Crippen molar-refractivity contribution >= 4 is 17.5 Å². The van der Waals surface area contributed by atoms with E-state index in [9.17, 15) is 4.79 Å². The molecule has 1 unspecified atom stereocenters. The van der Waals surface area contributed by atoms with Crippen LogP contribution in [-0.2, 0) is 0 Å². The minimum absolute atomic E-state index is 0.117. The Kier molecular flexibility index (Phi) is 3.83. The smallest absolute Gasteiger partial charge is 0.307 e. The molecule has 3 aliphatic heterocycles. The molecule has 1 aromatic heterocycles. The Hall–Kier alpha value is -1.85. The van der Waals surface area contributed by atoms with Crippen molar-refractivity contribution in [3.05, 3.63) is 41.4 Å². The number of fused-ring (bicyclic) bond motifs is 3. The highest BCUT2D eigenvalue weighted by Crippen LogP contribution is 2.28. The first-order valence-corrected chi connectivity index (χ1v) is 8.32. The van der Waals surface area contributed by atoms with Crippen LogP contribution in [0, 0.1) is 5.92 Å². The van der Waals surface area contributed by atoms with Gasteiger partial charge in [0.2, 0.25) is 0 Å². The van der Waals surface area contributed by atoms with Crippen molar-refractivity contribution in [2.75, 3.05) is 19.6 Å². The molecule has 3 fully saturated rings. The molecule has 6 heteroatoms. The number of carbonyl (C=O) groups excluding carboxylic acids is 1. The highest BCUT2D eigenvalue weighted by molar-refractivity contribution is 6.30. The fourth-order valence-electron chi connectivity index (χ4n) is 3.49. The number of aromatic nitrogens is 1. The number of hydrogen-bond acceptors (Lipinski definition) is 4. The molecule has 1 aromatic carbocycles. The summed E-state index contributed by atoms with van der Waals surface area (Å²) in [6.45, 7) is 3.23. The van der Waals surface area contributed by atoms with Gasteiger partial charge in [0, 0.05) is 23.2 Å². The summed E-state index contributed by atoms with van der Waals surface area (Å²) in [7, 11) is 0. The summed E-state index contributed by atoms with van der Waals surface area (Å²) >= 11 is 5.88. The molecule has 120 valence electrons. The molecule has 1 N–H and O–H groups in total. The molecular formula is C17H18ClN3O2. The quantitative estimate of drug-likeness (QED) is 0.939. The van der Waals surface area contributed by atoms with E-state index in [1.165, 1.54) is 0 Å². The summed E-state index contributed by atoms with van der Waals surface area (Å²) < 4.78 is 5.61. The molecule has 0 saturated carbocycles. The molecule has 1 atom stereocenters. The summed E-state index contributed by atoms with van der Waals surface area (Å²) in [5.74, 6) is 1.03. The number of nitrogens with zero attached hydrogens (tertiary/aromatic N) is 2. The van der Waals surface area contributed by atoms with Crippen molar-refractivity contribution in [1.82, 2.24) is 15.2 Å². The summed E-state index contributed by atoms with van der Waals surface area (Å²) in [5, 5.41) is 3.74. The lowest BCUT2D eigenvalue weighted by molar-refractivity contribution is 0.0602. The molecule has 3 saturated heterocycles. The van der Waals surface area contributed by atoms with Crippen molar-refractivity contribution in [2.45, 2.75) is 18.9 Å². The highest BCUT2D eigenvalue weighted by atomic mass is 35.5. The predicted molar refractivity (Wildman–Crippen MR) is 87.4 cm³/mol. The van der Waals surface area contributed by atoms with Gasteiger partial charge in [-0.2, -0.15) is 0 Å². The zero-order valence-electron chi connectivity index (χ0n) is 12.7. The number of piperidine rings is 3. The van der Waals surface area contributed by atoms with Crippen LogP contribution in [0.1, 0.15) is 23.5 Å². The zero-order chi connectivity index (χ0) is 15.8. The third-order valence-corrected chi connectivity index (χ3v) is 5.05. The van der Waals surface area contributed by atoms with Crippen LogP contribution in [0.25, 0.3) is 11.3 Å². The summed E-state index contributed by atoms with van der Waals surface area (Å²) in [6.07, 6.45) is 3.90. The van der Waals surface area contributed by atoms with Gasteiger partial charge in [-0.05, 0) is 56.1 Å². The van der Waals surface area contributed by atoms with Crippen LogP contribution in [0.15, 0.2) is 34.9 Å². The van der Waals surface area contributed by atoms with Crippen LogP contribution in [-0.4, -0.2) is 41.5 Å². The SMILES string of the molecule is O=C(NC1CN2CCC1CC2)c1ncc(-c2ccc(Cl)cc2)o1. The number of hydrogen-bond donors (Lipinski definition) is 1. The fourth-order valence-corrected chi connectivity index (χ4v) is 3.61. The van der Waals surface area contributed by atoms with Crippen molar-refractivity contribution in [3.8, 4) is 11.3 Å². The molecule has 23 heavy (non-hydrogen) atoms. The number of amides is 1. The molecule has 5 rings (SSSR count). The third kappa shape index (κ3) is 2.99. The Balaban J connectivity index is 1.46. The van der Waals surface area contributed by atoms with E-state index >= 15 is 0 Å². The van der Waals surface area contributed by atoms with Crippen LogP contribution < -0.4 is 5.32 Å². The lowest BCUT2D eigenvalue weighted by atomic mass is 9.84. The molecule has 1 amide bonds. The average molecular weight is 332 g/mol. The average Bonchev–Trinajstić information content (AvgIpc) is 3.07. The number of oxazole rings is 1. The van der Waals surface area contributed by atoms with Gasteiger partial charge in [-0.3, -0.25) is 4.79 Å². The lowest BCUT2D eigenvalue weighted by Gasteiger charge is -2.44. The Bertz CT molecular complexity index is 705. The minimum atomic E-state index is -0.232. The Morgan fingerprint density at radius 1 is 1.26 bits per heavy atom. The van der Waals surface area contributed by atoms with Gasteiger partial charge in [-0.25, -0.2) is 4.98 Å². The standard InChI is InChI=1S/C17H18ClN3O2/c18-13-3-1-12(2-4-13)15-9-19-17(23-15)16(22)20-14-10-21-7-5-11(14)6-8-21/h1-4,9,11,14H,5-8,10H2,(H,20,22). The van der Waals surface area contributed by atoms with Crippen LogP contribution >= 0.6 is 11.6 Å². The number of nitrogens with one attached hydrogen (secondary N) is 1. The maximum atomic E-state index is 12.4. The monoisotopic (exact) mass is 331 g/mol. The van der Waals surface area contributed by atoms with Gasteiger partial charge >= 0.3 is 5.91 Å². The van der Waals surface area contributed by atoms with Crippen molar-refractivity contribution in [1.29, 1.82) is 0 Å². The first-order valence-electron chi connectivity index (χ1n) is 7.94. The fraction of sp³-hybridized carbons (Fsp3) is 0.412. The second-order valence-electron chi connectivity index (χ2n) is 6.25. The van der Waals surface area contributed by atoms with Crippen molar-refractivity contribution in [3.63, 3.8) is 0 Å². The molecule has 0 spiro atoms. The van der Waals surface area contributed by atoms with Gasteiger partial charge in [-0.15, -0.1) is 0 Å². The van der Waals surface area contributed by atoms with Gasteiger partial charge in [0.05, 0.1) is 6.20 Å². The number of benzene rings is 1. The third-order valence-electron chi connectivity index (χ3n) is 4.80. The maximum absolute atomic E-state index is 12.4. The summed E-state index contributed by atoms with van der Waals surface area (Å²) in [5.41, 5.74) is 0.851. The molecular weight excluding hydrogens is 314 g/mol. The largest absolute Gasteiger partial charge is 0.432 e. The topological polar surface area (TPSA) is 58.4 Å². The van der Waals surface area contributed by atoms with Gasteiger partial charge in [0.15, 0.2) is 5.76 Å². The van der Waals surface area contributed by atoms with E-state index in [-0.39, 0.29) is 17.8 Å². The highest BCUT2D eigenvalue weighted by Gasteiger charge is 2.35. The molecule has 5 nitrogen and oxygen atoms in total. The normalized spacial score (nSPS) is 26.2. The molecule has 4 heterocycles. The molecule has 2 bridgehead atoms. The minimum Gasteiger partial charge on any atom is -0.432 e. The molecule has 0 radical (unpaired) electrons. The zero-order valence-corrected chi connectivity index (χ0v) is 13.4. The van der Waals surface area contributed by atoms with E-state index in [1.807, 2.05) is 12.1 Å². The van der Waals surface area contributed by atoms with E-state index in [0.717, 1.165) is 38.0 Å². The Morgan fingerprint density at radius 3 is 2.65 bits per heavy atom. The first kappa shape index (κ1) is 14.7. The van der Waals surface area contributed by atoms with E-state index in [4.69, 9.17) is 16.0 Å². The molecule has 2 aromatic rings. The van der Waals surface area contributed by atoms with Crippen LogP contribution in [0.5, 0.6) is 0 Å². The predicted octanol–water partition coefficient (Wildman–Crippen LogP) is 2.82. The number of rotatable bonds is 3. The van der Waals surface area contributed by atoms with E-state index < -0.39 is 0 Å². The van der Waals surface area contributed by atoms with Crippen molar-refractivity contribution in [2.24, 2.45) is 5.92 Å². The number of halogens is 1. The van der Waals surface area contributed by atoms with Crippen LogP contribution in [0.2, 0.25) is 5.02 Å². The Labute approximate surface area is 139 Å². The first-order chi connectivity index (χ1) is 11.2. The van der Waals surface area contributed by atoms with Crippen LogP contribution in [0.4, 0.5) is 0 Å².